The monoisotopic (exact) mass is 321 g/mol. The van der Waals surface area contributed by atoms with Crippen LogP contribution >= 0.6 is 0 Å². The zero-order valence-electron chi connectivity index (χ0n) is 14.5. The first-order valence-corrected chi connectivity index (χ1v) is 8.84. The van der Waals surface area contributed by atoms with Crippen molar-refractivity contribution < 1.29 is 9.15 Å². The van der Waals surface area contributed by atoms with Gasteiger partial charge < -0.3 is 19.8 Å². The summed E-state index contributed by atoms with van der Waals surface area (Å²) in [5.74, 6) is 2.62. The summed E-state index contributed by atoms with van der Waals surface area (Å²) in [6.45, 7) is 4.50. The third-order valence-electron chi connectivity index (χ3n) is 4.28. The lowest BCUT2D eigenvalue weighted by molar-refractivity contribution is 0.179. The van der Waals surface area contributed by atoms with Crippen LogP contribution in [0.4, 0.5) is 0 Å². The van der Waals surface area contributed by atoms with Gasteiger partial charge in [-0.1, -0.05) is 19.3 Å². The fourth-order valence-corrected chi connectivity index (χ4v) is 3.03. The van der Waals surface area contributed by atoms with Gasteiger partial charge in [-0.05, 0) is 37.8 Å². The molecule has 0 aliphatic heterocycles. The van der Waals surface area contributed by atoms with Crippen LogP contribution in [0.3, 0.4) is 0 Å². The summed E-state index contributed by atoms with van der Waals surface area (Å²) < 4.78 is 10.6. The zero-order chi connectivity index (χ0) is 16.3. The van der Waals surface area contributed by atoms with E-state index in [9.17, 15) is 0 Å². The summed E-state index contributed by atoms with van der Waals surface area (Å²) >= 11 is 0. The maximum Gasteiger partial charge on any atom is 0.191 e. The first kappa shape index (κ1) is 17.9. The summed E-state index contributed by atoms with van der Waals surface area (Å²) in [6.07, 6.45) is 9.30. The van der Waals surface area contributed by atoms with Crippen molar-refractivity contribution in [2.75, 3.05) is 26.8 Å². The van der Waals surface area contributed by atoms with Crippen molar-refractivity contribution in [2.24, 2.45) is 10.9 Å². The average molecular weight is 321 g/mol. The van der Waals surface area contributed by atoms with Crippen molar-refractivity contribution in [3.8, 4) is 0 Å². The third kappa shape index (κ3) is 7.08. The van der Waals surface area contributed by atoms with Crippen molar-refractivity contribution >= 4 is 5.96 Å². The second-order valence-electron chi connectivity index (χ2n) is 6.45. The molecule has 1 heterocycles. The molecule has 5 heteroatoms. The lowest BCUT2D eigenvalue weighted by Gasteiger charge is -2.21. The molecule has 1 fully saturated rings. The summed E-state index contributed by atoms with van der Waals surface area (Å²) in [6, 6.07) is 4.16. The number of rotatable bonds is 8. The number of nitrogens with zero attached hydrogens (tertiary/aromatic N) is 1. The summed E-state index contributed by atoms with van der Waals surface area (Å²) in [5.41, 5.74) is 0. The first-order chi connectivity index (χ1) is 11.3. The van der Waals surface area contributed by atoms with Gasteiger partial charge in [0.05, 0.1) is 12.9 Å². The summed E-state index contributed by atoms with van der Waals surface area (Å²) in [7, 11) is 1.72. The van der Waals surface area contributed by atoms with Crippen LogP contribution in [0.2, 0.25) is 0 Å². The van der Waals surface area contributed by atoms with Gasteiger partial charge in [-0.2, -0.15) is 0 Å². The first-order valence-electron chi connectivity index (χ1n) is 8.84. The highest BCUT2D eigenvalue weighted by atomic mass is 16.5. The van der Waals surface area contributed by atoms with Gasteiger partial charge in [0.15, 0.2) is 5.96 Å². The topological polar surface area (TPSA) is 58.8 Å². The normalized spacial score (nSPS) is 17.9. The maximum absolute atomic E-state index is 5.37. The second kappa shape index (κ2) is 10.3. The molecular weight excluding hydrogens is 290 g/mol. The summed E-state index contributed by atoms with van der Waals surface area (Å²) in [5, 5.41) is 6.83. The molecule has 1 aliphatic rings. The SMILES string of the molecule is COCC(C)NC(=NCC1CCCCC1)NCCc1ccco1. The van der Waals surface area contributed by atoms with E-state index in [-0.39, 0.29) is 6.04 Å². The van der Waals surface area contributed by atoms with Crippen LogP contribution < -0.4 is 10.6 Å². The molecule has 0 spiro atoms. The van der Waals surface area contributed by atoms with E-state index in [1.54, 1.807) is 13.4 Å². The molecular formula is C18H31N3O2. The standard InChI is InChI=1S/C18H31N3O2/c1-15(14-22-2)21-18(19-11-10-17-9-6-12-23-17)20-13-16-7-4-3-5-8-16/h6,9,12,15-16H,3-5,7-8,10-11,13-14H2,1-2H3,(H2,19,20,21). The molecule has 130 valence electrons. The number of hydrogen-bond acceptors (Lipinski definition) is 3. The number of furan rings is 1. The van der Waals surface area contributed by atoms with E-state index < -0.39 is 0 Å². The van der Waals surface area contributed by atoms with Crippen LogP contribution in [-0.2, 0) is 11.2 Å². The van der Waals surface area contributed by atoms with Crippen molar-refractivity contribution in [1.82, 2.24) is 10.6 Å². The molecule has 0 bridgehead atoms. The van der Waals surface area contributed by atoms with E-state index >= 15 is 0 Å². The van der Waals surface area contributed by atoms with E-state index in [0.717, 1.165) is 37.1 Å². The van der Waals surface area contributed by atoms with Gasteiger partial charge in [-0.3, -0.25) is 4.99 Å². The van der Waals surface area contributed by atoms with Crippen molar-refractivity contribution in [3.63, 3.8) is 0 Å². The van der Waals surface area contributed by atoms with Crippen LogP contribution in [0.25, 0.3) is 0 Å². The maximum atomic E-state index is 5.37. The second-order valence-corrected chi connectivity index (χ2v) is 6.45. The minimum atomic E-state index is 0.237. The molecule has 0 amide bonds. The predicted octanol–water partition coefficient (Wildman–Crippen LogP) is 2.97. The Kier molecular flexibility index (Phi) is 8.01. The highest BCUT2D eigenvalue weighted by Gasteiger charge is 2.13. The molecule has 2 rings (SSSR count). The van der Waals surface area contributed by atoms with Gasteiger partial charge in [-0.25, -0.2) is 0 Å². The Morgan fingerprint density at radius 3 is 2.91 bits per heavy atom. The van der Waals surface area contributed by atoms with Gasteiger partial charge in [0.2, 0.25) is 0 Å². The molecule has 1 saturated carbocycles. The molecule has 0 aromatic carbocycles. The van der Waals surface area contributed by atoms with Gasteiger partial charge in [0, 0.05) is 32.7 Å². The van der Waals surface area contributed by atoms with E-state index in [1.807, 2.05) is 12.1 Å². The van der Waals surface area contributed by atoms with Crippen molar-refractivity contribution in [1.29, 1.82) is 0 Å². The van der Waals surface area contributed by atoms with Gasteiger partial charge in [-0.15, -0.1) is 0 Å². The smallest absolute Gasteiger partial charge is 0.191 e. The lowest BCUT2D eigenvalue weighted by Crippen LogP contribution is -2.44. The summed E-state index contributed by atoms with van der Waals surface area (Å²) in [4.78, 5) is 4.80. The number of methoxy groups -OCH3 is 1. The lowest BCUT2D eigenvalue weighted by atomic mass is 9.89. The quantitative estimate of drug-likeness (QED) is 0.571. The molecule has 0 saturated heterocycles. The van der Waals surface area contributed by atoms with Gasteiger partial charge >= 0.3 is 0 Å². The van der Waals surface area contributed by atoms with Gasteiger partial charge in [0.1, 0.15) is 5.76 Å². The van der Waals surface area contributed by atoms with E-state index in [1.165, 1.54) is 32.1 Å². The number of nitrogens with one attached hydrogen (secondary N) is 2. The highest BCUT2D eigenvalue weighted by Crippen LogP contribution is 2.23. The molecule has 1 aromatic heterocycles. The van der Waals surface area contributed by atoms with E-state index in [0.29, 0.717) is 6.61 Å². The number of ether oxygens (including phenoxy) is 1. The molecule has 2 N–H and O–H groups in total. The largest absolute Gasteiger partial charge is 0.469 e. The zero-order valence-corrected chi connectivity index (χ0v) is 14.5. The average Bonchev–Trinajstić information content (AvgIpc) is 3.07. The van der Waals surface area contributed by atoms with Crippen LogP contribution in [0.5, 0.6) is 0 Å². The molecule has 1 aliphatic carbocycles. The third-order valence-corrected chi connectivity index (χ3v) is 4.28. The molecule has 23 heavy (non-hydrogen) atoms. The fourth-order valence-electron chi connectivity index (χ4n) is 3.03. The predicted molar refractivity (Wildman–Crippen MR) is 93.8 cm³/mol. The Morgan fingerprint density at radius 2 is 2.22 bits per heavy atom. The highest BCUT2D eigenvalue weighted by molar-refractivity contribution is 5.80. The molecule has 1 aromatic rings. The Labute approximate surface area is 139 Å². The molecule has 0 radical (unpaired) electrons. The van der Waals surface area contributed by atoms with E-state index in [4.69, 9.17) is 14.1 Å². The fraction of sp³-hybridized carbons (Fsp3) is 0.722. The van der Waals surface area contributed by atoms with Crippen molar-refractivity contribution in [3.05, 3.63) is 24.2 Å². The molecule has 1 unspecified atom stereocenters. The van der Waals surface area contributed by atoms with Crippen molar-refractivity contribution in [2.45, 2.75) is 51.5 Å². The van der Waals surface area contributed by atoms with Gasteiger partial charge in [0.25, 0.3) is 0 Å². The Bertz CT molecular complexity index is 439. The van der Waals surface area contributed by atoms with Crippen LogP contribution in [0.15, 0.2) is 27.8 Å². The number of hydrogen-bond donors (Lipinski definition) is 2. The van der Waals surface area contributed by atoms with E-state index in [2.05, 4.69) is 17.6 Å². The Hall–Kier alpha value is -1.49. The van der Waals surface area contributed by atoms with Crippen LogP contribution in [0, 0.1) is 5.92 Å². The van der Waals surface area contributed by atoms with Crippen LogP contribution in [0.1, 0.15) is 44.8 Å². The Balaban J connectivity index is 1.81. The number of aliphatic imine (C=N–C) groups is 1. The Morgan fingerprint density at radius 1 is 1.39 bits per heavy atom. The van der Waals surface area contributed by atoms with Crippen LogP contribution in [-0.4, -0.2) is 38.8 Å². The molecule has 5 nitrogen and oxygen atoms in total. The minimum Gasteiger partial charge on any atom is -0.469 e. The molecule has 1 atom stereocenters. The minimum absolute atomic E-state index is 0.237. The number of guanidine groups is 1.